The maximum absolute atomic E-state index is 12.3. The third-order valence-electron chi connectivity index (χ3n) is 4.23. The van der Waals surface area contributed by atoms with Gasteiger partial charge in [-0.3, -0.25) is 14.5 Å². The number of rotatable bonds is 6. The summed E-state index contributed by atoms with van der Waals surface area (Å²) < 4.78 is 0. The van der Waals surface area contributed by atoms with Crippen LogP contribution in [0.25, 0.3) is 0 Å². The lowest BCUT2D eigenvalue weighted by molar-refractivity contribution is -0.117. The minimum atomic E-state index is -0.111. The monoisotopic (exact) mass is 373 g/mol. The molecule has 0 fully saturated rings. The molecule has 26 heavy (non-hydrogen) atoms. The molecule has 2 aromatic carbocycles. The number of nitrogens with one attached hydrogen (secondary N) is 1. The van der Waals surface area contributed by atoms with Crippen molar-refractivity contribution in [3.63, 3.8) is 0 Å². The van der Waals surface area contributed by atoms with Crippen molar-refractivity contribution in [1.82, 2.24) is 9.80 Å². The molecule has 0 aliphatic carbocycles. The van der Waals surface area contributed by atoms with Crippen LogP contribution in [0.4, 0.5) is 5.69 Å². The number of halogens is 1. The lowest BCUT2D eigenvalue weighted by atomic mass is 10.1. The number of likely N-dealkylation sites (N-methyl/N-ethyl adjacent to an activating group) is 1. The van der Waals surface area contributed by atoms with Gasteiger partial charge >= 0.3 is 0 Å². The van der Waals surface area contributed by atoms with Gasteiger partial charge in [0.05, 0.1) is 6.54 Å². The Kier molecular flexibility index (Phi) is 6.77. The SMILES string of the molecule is C[C@@H](c1ccc(Cl)cc1)N(C)CC(=O)Nc1ccc(C(=O)N(C)C)cc1. The van der Waals surface area contributed by atoms with Gasteiger partial charge in [-0.15, -0.1) is 0 Å². The second-order valence-electron chi connectivity index (χ2n) is 6.47. The number of nitrogens with zero attached hydrogens (tertiary/aromatic N) is 2. The topological polar surface area (TPSA) is 52.7 Å². The van der Waals surface area contributed by atoms with Crippen molar-refractivity contribution >= 4 is 29.1 Å². The standard InChI is InChI=1S/C20H24ClN3O2/c1-14(15-5-9-17(21)10-6-15)24(4)13-19(25)22-18-11-7-16(8-12-18)20(26)23(2)3/h5-12,14H,13H2,1-4H3,(H,22,25)/t14-/m0/s1. The maximum atomic E-state index is 12.3. The fourth-order valence-electron chi connectivity index (χ4n) is 2.51. The quantitative estimate of drug-likeness (QED) is 0.840. The number of amides is 2. The molecule has 2 amide bonds. The Balaban J connectivity index is 1.93. The van der Waals surface area contributed by atoms with Crippen molar-refractivity contribution < 1.29 is 9.59 Å². The van der Waals surface area contributed by atoms with Crippen LogP contribution < -0.4 is 5.32 Å². The summed E-state index contributed by atoms with van der Waals surface area (Å²) in [7, 11) is 5.31. The highest BCUT2D eigenvalue weighted by molar-refractivity contribution is 6.30. The molecule has 0 aliphatic rings. The summed E-state index contributed by atoms with van der Waals surface area (Å²) in [5.74, 6) is -0.181. The Bertz CT molecular complexity index is 758. The molecule has 5 nitrogen and oxygen atoms in total. The summed E-state index contributed by atoms with van der Waals surface area (Å²) in [5.41, 5.74) is 2.34. The van der Waals surface area contributed by atoms with E-state index in [-0.39, 0.29) is 24.4 Å². The van der Waals surface area contributed by atoms with Crippen LogP contribution in [0.5, 0.6) is 0 Å². The minimum Gasteiger partial charge on any atom is -0.345 e. The fourth-order valence-corrected chi connectivity index (χ4v) is 2.64. The van der Waals surface area contributed by atoms with E-state index in [9.17, 15) is 9.59 Å². The van der Waals surface area contributed by atoms with Crippen LogP contribution in [-0.2, 0) is 4.79 Å². The summed E-state index contributed by atoms with van der Waals surface area (Å²) in [5, 5.41) is 3.55. The highest BCUT2D eigenvalue weighted by Crippen LogP contribution is 2.20. The summed E-state index contributed by atoms with van der Waals surface area (Å²) in [4.78, 5) is 27.6. The average Bonchev–Trinajstić information content (AvgIpc) is 2.61. The van der Waals surface area contributed by atoms with Gasteiger partial charge in [-0.2, -0.15) is 0 Å². The zero-order chi connectivity index (χ0) is 19.3. The molecular weight excluding hydrogens is 350 g/mol. The van der Waals surface area contributed by atoms with Crippen LogP contribution in [0.3, 0.4) is 0 Å². The molecule has 0 saturated heterocycles. The van der Waals surface area contributed by atoms with Gasteiger partial charge in [-0.1, -0.05) is 23.7 Å². The smallest absolute Gasteiger partial charge is 0.253 e. The molecule has 6 heteroatoms. The zero-order valence-corrected chi connectivity index (χ0v) is 16.2. The van der Waals surface area contributed by atoms with Gasteiger partial charge in [0.15, 0.2) is 0 Å². The zero-order valence-electron chi connectivity index (χ0n) is 15.5. The van der Waals surface area contributed by atoms with Crippen molar-refractivity contribution in [3.05, 3.63) is 64.7 Å². The Morgan fingerprint density at radius 3 is 2.12 bits per heavy atom. The summed E-state index contributed by atoms with van der Waals surface area (Å²) >= 11 is 5.92. The molecule has 138 valence electrons. The highest BCUT2D eigenvalue weighted by Gasteiger charge is 2.15. The van der Waals surface area contributed by atoms with Crippen LogP contribution >= 0.6 is 11.6 Å². The molecule has 0 spiro atoms. The van der Waals surface area contributed by atoms with Gasteiger partial charge in [0, 0.05) is 36.4 Å². The second-order valence-corrected chi connectivity index (χ2v) is 6.90. The van der Waals surface area contributed by atoms with Crippen LogP contribution in [0.2, 0.25) is 5.02 Å². The van der Waals surface area contributed by atoms with Gasteiger partial charge in [-0.05, 0) is 55.9 Å². The number of anilines is 1. The number of hydrogen-bond acceptors (Lipinski definition) is 3. The van der Waals surface area contributed by atoms with Gasteiger partial charge < -0.3 is 10.2 Å². The Labute approximate surface area is 159 Å². The molecule has 0 radical (unpaired) electrons. The third-order valence-corrected chi connectivity index (χ3v) is 4.48. The molecule has 2 aromatic rings. The van der Waals surface area contributed by atoms with Crippen molar-refractivity contribution in [1.29, 1.82) is 0 Å². The molecule has 0 heterocycles. The summed E-state index contributed by atoms with van der Waals surface area (Å²) in [6.45, 7) is 2.29. The van der Waals surface area contributed by atoms with Gasteiger partial charge in [0.25, 0.3) is 5.91 Å². The molecule has 0 aliphatic heterocycles. The first-order valence-corrected chi connectivity index (χ1v) is 8.73. The predicted octanol–water partition coefficient (Wildman–Crippen LogP) is 3.67. The van der Waals surface area contributed by atoms with E-state index in [1.165, 1.54) is 4.90 Å². The van der Waals surface area contributed by atoms with E-state index >= 15 is 0 Å². The molecule has 0 unspecified atom stereocenters. The normalized spacial score (nSPS) is 11.9. The fraction of sp³-hybridized carbons (Fsp3) is 0.300. The van der Waals surface area contributed by atoms with Gasteiger partial charge in [-0.25, -0.2) is 0 Å². The van der Waals surface area contributed by atoms with Crippen LogP contribution in [0.15, 0.2) is 48.5 Å². The summed E-state index contributed by atoms with van der Waals surface area (Å²) in [6.07, 6.45) is 0. The Morgan fingerprint density at radius 1 is 1.00 bits per heavy atom. The van der Waals surface area contributed by atoms with Gasteiger partial charge in [0.1, 0.15) is 0 Å². The van der Waals surface area contributed by atoms with E-state index in [4.69, 9.17) is 11.6 Å². The highest BCUT2D eigenvalue weighted by atomic mass is 35.5. The third kappa shape index (κ3) is 5.31. The Morgan fingerprint density at radius 2 is 1.58 bits per heavy atom. The number of benzene rings is 2. The molecule has 0 aromatic heterocycles. The lowest BCUT2D eigenvalue weighted by Gasteiger charge is -2.24. The first-order valence-electron chi connectivity index (χ1n) is 8.35. The van der Waals surface area contributed by atoms with Crippen LogP contribution in [0.1, 0.15) is 28.9 Å². The molecule has 1 N–H and O–H groups in total. The first-order chi connectivity index (χ1) is 12.3. The number of carbonyl (C=O) groups is 2. The second kappa shape index (κ2) is 8.83. The number of hydrogen-bond donors (Lipinski definition) is 1. The molecule has 2 rings (SSSR count). The molecule has 0 bridgehead atoms. The largest absolute Gasteiger partial charge is 0.345 e. The van der Waals surface area contributed by atoms with E-state index in [2.05, 4.69) is 5.32 Å². The molecular formula is C20H24ClN3O2. The lowest BCUT2D eigenvalue weighted by Crippen LogP contribution is -2.32. The van der Waals surface area contributed by atoms with Crippen molar-refractivity contribution in [3.8, 4) is 0 Å². The van der Waals surface area contributed by atoms with E-state index < -0.39 is 0 Å². The summed E-state index contributed by atoms with van der Waals surface area (Å²) in [6, 6.07) is 14.6. The predicted molar refractivity (Wildman–Crippen MR) is 106 cm³/mol. The first kappa shape index (κ1) is 19.9. The van der Waals surface area contributed by atoms with E-state index in [1.54, 1.807) is 38.4 Å². The Hall–Kier alpha value is -2.37. The number of carbonyl (C=O) groups excluding carboxylic acids is 2. The van der Waals surface area contributed by atoms with Crippen LogP contribution in [-0.4, -0.2) is 49.3 Å². The van der Waals surface area contributed by atoms with Crippen molar-refractivity contribution in [2.24, 2.45) is 0 Å². The van der Waals surface area contributed by atoms with Crippen molar-refractivity contribution in [2.45, 2.75) is 13.0 Å². The van der Waals surface area contributed by atoms with E-state index in [1.807, 2.05) is 43.1 Å². The van der Waals surface area contributed by atoms with Crippen LogP contribution in [0, 0.1) is 0 Å². The molecule has 0 saturated carbocycles. The van der Waals surface area contributed by atoms with Crippen molar-refractivity contribution in [2.75, 3.05) is 33.0 Å². The maximum Gasteiger partial charge on any atom is 0.253 e. The molecule has 1 atom stereocenters. The van der Waals surface area contributed by atoms with E-state index in [0.29, 0.717) is 16.3 Å². The average molecular weight is 374 g/mol. The van der Waals surface area contributed by atoms with E-state index in [0.717, 1.165) is 5.56 Å². The van der Waals surface area contributed by atoms with Gasteiger partial charge in [0.2, 0.25) is 5.91 Å². The minimum absolute atomic E-state index is 0.0700.